The van der Waals surface area contributed by atoms with Crippen LogP contribution in [0.15, 0.2) is 12.4 Å². The number of carbonyl (C=O) groups excluding carboxylic acids is 1. The van der Waals surface area contributed by atoms with E-state index in [1.54, 1.807) is 17.9 Å². The number of rotatable bonds is 1. The number of aromatic nitrogens is 3. The number of hydrogen-bond donors (Lipinski definition) is 1. The smallest absolute Gasteiger partial charge is 0.341 e. The van der Waals surface area contributed by atoms with Gasteiger partial charge in [0, 0.05) is 13.2 Å². The Bertz CT molecular complexity index is 532. The third-order valence-corrected chi connectivity index (χ3v) is 2.21. The van der Waals surface area contributed by atoms with Crippen molar-refractivity contribution in [1.82, 2.24) is 14.8 Å². The third-order valence-electron chi connectivity index (χ3n) is 2.21. The van der Waals surface area contributed by atoms with E-state index < -0.39 is 5.97 Å². The zero-order valence-corrected chi connectivity index (χ0v) is 8.39. The number of esters is 1. The maximum atomic E-state index is 11.3. The molecule has 0 aliphatic rings. The van der Waals surface area contributed by atoms with Crippen LogP contribution in [-0.2, 0) is 11.8 Å². The number of carbonyl (C=O) groups is 1. The molecule has 0 spiro atoms. The predicted octanol–water partition coefficient (Wildman–Crippen LogP) is 0.337. The molecule has 0 amide bonds. The van der Waals surface area contributed by atoms with Crippen molar-refractivity contribution < 1.29 is 9.53 Å². The first-order valence-electron chi connectivity index (χ1n) is 4.29. The number of ether oxygens (including phenoxy) is 1. The highest BCUT2D eigenvalue weighted by molar-refractivity contribution is 6.02. The summed E-state index contributed by atoms with van der Waals surface area (Å²) in [5.74, 6) is -0.495. The molecule has 6 heteroatoms. The maximum absolute atomic E-state index is 11.3. The summed E-state index contributed by atoms with van der Waals surface area (Å²) in [6.07, 6.45) is 2.97. The molecule has 0 saturated carbocycles. The van der Waals surface area contributed by atoms with Crippen LogP contribution < -0.4 is 5.73 Å². The van der Waals surface area contributed by atoms with Gasteiger partial charge in [-0.05, 0) is 0 Å². The second-order valence-electron chi connectivity index (χ2n) is 3.08. The summed E-state index contributed by atoms with van der Waals surface area (Å²) in [5.41, 5.74) is 7.06. The molecule has 2 aromatic heterocycles. The number of hydrogen-bond acceptors (Lipinski definition) is 5. The summed E-state index contributed by atoms with van der Waals surface area (Å²) in [4.78, 5) is 15.4. The first-order valence-corrected chi connectivity index (χ1v) is 4.29. The van der Waals surface area contributed by atoms with Gasteiger partial charge in [0.25, 0.3) is 0 Å². The van der Waals surface area contributed by atoms with Gasteiger partial charge in [-0.2, -0.15) is 5.10 Å². The summed E-state index contributed by atoms with van der Waals surface area (Å²) >= 11 is 0. The van der Waals surface area contributed by atoms with Gasteiger partial charge in [0.1, 0.15) is 5.56 Å². The average Bonchev–Trinajstić information content (AvgIpc) is 2.61. The van der Waals surface area contributed by atoms with Crippen LogP contribution in [0.1, 0.15) is 10.4 Å². The molecule has 0 aliphatic heterocycles. The monoisotopic (exact) mass is 206 g/mol. The van der Waals surface area contributed by atoms with E-state index in [0.29, 0.717) is 16.7 Å². The Hall–Kier alpha value is -2.11. The Kier molecular flexibility index (Phi) is 2.03. The lowest BCUT2D eigenvalue weighted by Crippen LogP contribution is -2.07. The zero-order valence-electron chi connectivity index (χ0n) is 8.39. The lowest BCUT2D eigenvalue weighted by molar-refractivity contribution is 0.0601. The summed E-state index contributed by atoms with van der Waals surface area (Å²) in [7, 11) is 3.06. The molecule has 0 atom stereocenters. The molecule has 0 aliphatic carbocycles. The lowest BCUT2D eigenvalue weighted by atomic mass is 10.2. The van der Waals surface area contributed by atoms with Crippen LogP contribution in [0, 0.1) is 0 Å². The molecule has 6 nitrogen and oxygen atoms in total. The third kappa shape index (κ3) is 1.30. The minimum Gasteiger partial charge on any atom is -0.465 e. The van der Waals surface area contributed by atoms with Crippen LogP contribution in [0.2, 0.25) is 0 Å². The zero-order chi connectivity index (χ0) is 11.0. The molecular weight excluding hydrogens is 196 g/mol. The highest BCUT2D eigenvalue weighted by atomic mass is 16.5. The van der Waals surface area contributed by atoms with Gasteiger partial charge in [0.2, 0.25) is 0 Å². The SMILES string of the molecule is COC(=O)c1cnc2c(cnn2C)c1N. The molecule has 2 aromatic rings. The number of nitrogen functional groups attached to an aromatic ring is 1. The van der Waals surface area contributed by atoms with E-state index in [-0.39, 0.29) is 5.56 Å². The molecule has 0 fully saturated rings. The van der Waals surface area contributed by atoms with Gasteiger partial charge in [-0.1, -0.05) is 0 Å². The first-order chi connectivity index (χ1) is 7.15. The van der Waals surface area contributed by atoms with Crippen molar-refractivity contribution in [3.05, 3.63) is 18.0 Å². The normalized spacial score (nSPS) is 10.5. The van der Waals surface area contributed by atoms with Gasteiger partial charge in [0.05, 0.1) is 24.4 Å². The Morgan fingerprint density at radius 1 is 1.53 bits per heavy atom. The number of nitrogens with two attached hydrogens (primary N) is 1. The molecular formula is C9H10N4O2. The van der Waals surface area contributed by atoms with Gasteiger partial charge in [-0.15, -0.1) is 0 Å². The van der Waals surface area contributed by atoms with Crippen molar-refractivity contribution in [1.29, 1.82) is 0 Å². The molecule has 0 saturated heterocycles. The van der Waals surface area contributed by atoms with Crippen LogP contribution in [0.3, 0.4) is 0 Å². The summed E-state index contributed by atoms with van der Waals surface area (Å²) in [6, 6.07) is 0. The quantitative estimate of drug-likeness (QED) is 0.680. The Labute approximate surface area is 85.6 Å². The summed E-state index contributed by atoms with van der Waals surface area (Å²) in [6.45, 7) is 0. The minimum absolute atomic E-state index is 0.262. The van der Waals surface area contributed by atoms with Crippen molar-refractivity contribution >= 4 is 22.7 Å². The summed E-state index contributed by atoms with van der Waals surface area (Å²) in [5, 5.41) is 4.66. The van der Waals surface area contributed by atoms with E-state index in [1.807, 2.05) is 0 Å². The lowest BCUT2D eigenvalue weighted by Gasteiger charge is -2.03. The number of pyridine rings is 1. The Morgan fingerprint density at radius 3 is 2.93 bits per heavy atom. The maximum Gasteiger partial charge on any atom is 0.341 e. The summed E-state index contributed by atoms with van der Waals surface area (Å²) < 4.78 is 6.18. The van der Waals surface area contributed by atoms with Crippen LogP contribution in [-0.4, -0.2) is 27.8 Å². The second-order valence-corrected chi connectivity index (χ2v) is 3.08. The van der Waals surface area contributed by atoms with E-state index in [2.05, 4.69) is 14.8 Å². The number of nitrogens with zero attached hydrogens (tertiary/aromatic N) is 3. The minimum atomic E-state index is -0.495. The van der Waals surface area contributed by atoms with E-state index in [4.69, 9.17) is 5.73 Å². The topological polar surface area (TPSA) is 83.0 Å². The molecule has 78 valence electrons. The fourth-order valence-electron chi connectivity index (χ4n) is 1.39. The molecule has 0 aromatic carbocycles. The molecule has 2 rings (SSSR count). The molecule has 2 N–H and O–H groups in total. The van der Waals surface area contributed by atoms with Gasteiger partial charge >= 0.3 is 5.97 Å². The van der Waals surface area contributed by atoms with Crippen molar-refractivity contribution in [2.75, 3.05) is 12.8 Å². The highest BCUT2D eigenvalue weighted by Crippen LogP contribution is 2.22. The first kappa shape index (κ1) is 9.45. The van der Waals surface area contributed by atoms with Crippen molar-refractivity contribution in [2.24, 2.45) is 7.05 Å². The van der Waals surface area contributed by atoms with Crippen molar-refractivity contribution in [3.8, 4) is 0 Å². The second kappa shape index (κ2) is 3.23. The van der Waals surface area contributed by atoms with E-state index in [0.717, 1.165) is 0 Å². The molecule has 0 unspecified atom stereocenters. The number of anilines is 1. The average molecular weight is 206 g/mol. The molecule has 0 radical (unpaired) electrons. The standard InChI is InChI=1S/C9H10N4O2/c1-13-8-5(4-12-13)7(10)6(3-11-8)9(14)15-2/h3-4H,1-2H3,(H2,10,11). The van der Waals surface area contributed by atoms with Crippen molar-refractivity contribution in [3.63, 3.8) is 0 Å². The fourth-order valence-corrected chi connectivity index (χ4v) is 1.39. The van der Waals surface area contributed by atoms with Crippen molar-refractivity contribution in [2.45, 2.75) is 0 Å². The van der Waals surface area contributed by atoms with Gasteiger partial charge in [-0.3, -0.25) is 4.68 Å². The molecule has 2 heterocycles. The predicted molar refractivity (Wildman–Crippen MR) is 54.3 cm³/mol. The van der Waals surface area contributed by atoms with E-state index in [1.165, 1.54) is 13.3 Å². The van der Waals surface area contributed by atoms with Gasteiger partial charge < -0.3 is 10.5 Å². The molecule has 15 heavy (non-hydrogen) atoms. The Morgan fingerprint density at radius 2 is 2.27 bits per heavy atom. The Balaban J connectivity index is 2.71. The van der Waals surface area contributed by atoms with Gasteiger partial charge in [-0.25, -0.2) is 9.78 Å². The van der Waals surface area contributed by atoms with Crippen LogP contribution in [0.4, 0.5) is 5.69 Å². The largest absolute Gasteiger partial charge is 0.465 e. The van der Waals surface area contributed by atoms with E-state index >= 15 is 0 Å². The van der Waals surface area contributed by atoms with E-state index in [9.17, 15) is 4.79 Å². The number of aryl methyl sites for hydroxylation is 1. The highest BCUT2D eigenvalue weighted by Gasteiger charge is 2.15. The van der Waals surface area contributed by atoms with Crippen LogP contribution in [0.25, 0.3) is 11.0 Å². The van der Waals surface area contributed by atoms with Crippen LogP contribution >= 0.6 is 0 Å². The fraction of sp³-hybridized carbons (Fsp3) is 0.222. The number of methoxy groups -OCH3 is 1. The molecule has 0 bridgehead atoms. The van der Waals surface area contributed by atoms with Gasteiger partial charge in [0.15, 0.2) is 5.65 Å². The number of fused-ring (bicyclic) bond motifs is 1. The van der Waals surface area contributed by atoms with Crippen LogP contribution in [0.5, 0.6) is 0 Å².